The molecule has 1 aromatic heterocycles. The summed E-state index contributed by atoms with van der Waals surface area (Å²) >= 11 is 0. The van der Waals surface area contributed by atoms with Crippen LogP contribution in [0.25, 0.3) is 11.4 Å². The summed E-state index contributed by atoms with van der Waals surface area (Å²) in [4.78, 5) is 4.54. The Bertz CT molecular complexity index is 497. The second-order valence-corrected chi connectivity index (χ2v) is 4.72. The Kier molecular flexibility index (Phi) is 2.69. The van der Waals surface area contributed by atoms with E-state index in [1.807, 2.05) is 12.3 Å². The van der Waals surface area contributed by atoms with Gasteiger partial charge in [0.15, 0.2) is 0 Å². The Morgan fingerprint density at radius 1 is 1.29 bits per heavy atom. The third kappa shape index (κ3) is 1.98. The smallest absolute Gasteiger partial charge is 0.140 e. The van der Waals surface area contributed by atoms with E-state index in [9.17, 15) is 0 Å². The highest BCUT2D eigenvalue weighted by Crippen LogP contribution is 2.21. The van der Waals surface area contributed by atoms with Gasteiger partial charge in [0.2, 0.25) is 0 Å². The molecule has 88 valence electrons. The molecule has 1 aliphatic heterocycles. The third-order valence-electron chi connectivity index (χ3n) is 3.39. The monoisotopic (exact) mass is 227 g/mol. The van der Waals surface area contributed by atoms with E-state index in [1.54, 1.807) is 0 Å². The second-order valence-electron chi connectivity index (χ2n) is 4.72. The van der Waals surface area contributed by atoms with E-state index >= 15 is 0 Å². The Morgan fingerprint density at radius 3 is 2.71 bits per heavy atom. The Morgan fingerprint density at radius 2 is 2.06 bits per heavy atom. The average molecular weight is 227 g/mol. The average Bonchev–Trinajstić information content (AvgIpc) is 2.66. The van der Waals surface area contributed by atoms with Crippen LogP contribution in [0.1, 0.15) is 5.69 Å². The maximum atomic E-state index is 4.54. The Hall–Kier alpha value is -1.61. The molecule has 3 rings (SSSR count). The van der Waals surface area contributed by atoms with Crippen LogP contribution in [0.3, 0.4) is 0 Å². The third-order valence-corrected chi connectivity index (χ3v) is 3.39. The summed E-state index contributed by atoms with van der Waals surface area (Å²) in [6.45, 7) is 5.46. The van der Waals surface area contributed by atoms with Gasteiger partial charge in [0.25, 0.3) is 0 Å². The highest BCUT2D eigenvalue weighted by molar-refractivity contribution is 5.55. The fourth-order valence-corrected chi connectivity index (χ4v) is 2.24. The number of imidazole rings is 1. The lowest BCUT2D eigenvalue weighted by atomic mass is 10.0. The van der Waals surface area contributed by atoms with Crippen molar-refractivity contribution in [1.29, 1.82) is 0 Å². The Balaban J connectivity index is 1.94. The fraction of sp³-hybridized carbons (Fsp3) is 0.357. The van der Waals surface area contributed by atoms with Crippen molar-refractivity contribution in [2.75, 3.05) is 13.1 Å². The molecule has 1 N–H and O–H groups in total. The van der Waals surface area contributed by atoms with Crippen LogP contribution in [-0.2, 0) is 6.54 Å². The van der Waals surface area contributed by atoms with Crippen LogP contribution in [0.5, 0.6) is 0 Å². The lowest BCUT2D eigenvalue weighted by Crippen LogP contribution is -2.44. The molecule has 3 heteroatoms. The van der Waals surface area contributed by atoms with Crippen molar-refractivity contribution in [2.45, 2.75) is 13.5 Å². The quantitative estimate of drug-likeness (QED) is 0.870. The summed E-state index contributed by atoms with van der Waals surface area (Å²) in [5.74, 6) is 1.85. The molecule has 1 aromatic carbocycles. The summed E-state index contributed by atoms with van der Waals surface area (Å²) in [6.07, 6.45) is 1.97. The zero-order valence-electron chi connectivity index (χ0n) is 10.1. The van der Waals surface area contributed by atoms with Crippen LogP contribution in [0.4, 0.5) is 0 Å². The maximum absolute atomic E-state index is 4.54. The minimum Gasteiger partial charge on any atom is -0.328 e. The van der Waals surface area contributed by atoms with E-state index < -0.39 is 0 Å². The molecule has 1 saturated heterocycles. The van der Waals surface area contributed by atoms with Crippen LogP contribution in [0, 0.1) is 12.8 Å². The number of nitrogens with zero attached hydrogens (tertiary/aromatic N) is 2. The second kappa shape index (κ2) is 4.34. The molecule has 1 fully saturated rings. The first-order valence-electron chi connectivity index (χ1n) is 6.13. The summed E-state index contributed by atoms with van der Waals surface area (Å²) in [5.41, 5.74) is 2.45. The van der Waals surface area contributed by atoms with E-state index in [4.69, 9.17) is 0 Å². The molecule has 0 aliphatic carbocycles. The molecule has 0 bridgehead atoms. The van der Waals surface area contributed by atoms with Gasteiger partial charge in [-0.05, 0) is 6.92 Å². The molecule has 0 spiro atoms. The zero-order valence-corrected chi connectivity index (χ0v) is 10.1. The predicted molar refractivity (Wildman–Crippen MR) is 68.8 cm³/mol. The number of rotatable bonds is 3. The van der Waals surface area contributed by atoms with Gasteiger partial charge in [0.1, 0.15) is 5.82 Å². The molecule has 17 heavy (non-hydrogen) atoms. The predicted octanol–water partition coefficient (Wildman–Crippen LogP) is 2.08. The summed E-state index contributed by atoms with van der Waals surface area (Å²) < 4.78 is 2.33. The van der Waals surface area contributed by atoms with Crippen molar-refractivity contribution in [1.82, 2.24) is 14.9 Å². The van der Waals surface area contributed by atoms with Gasteiger partial charge in [0.05, 0.1) is 0 Å². The van der Waals surface area contributed by atoms with Gasteiger partial charge in [-0.3, -0.25) is 0 Å². The summed E-state index contributed by atoms with van der Waals surface area (Å²) in [7, 11) is 0. The van der Waals surface area contributed by atoms with E-state index in [0.29, 0.717) is 0 Å². The number of aromatic nitrogens is 2. The van der Waals surface area contributed by atoms with Crippen molar-refractivity contribution in [3.8, 4) is 11.4 Å². The molecule has 0 unspecified atom stereocenters. The minimum atomic E-state index is 0.755. The summed E-state index contributed by atoms with van der Waals surface area (Å²) in [6, 6.07) is 10.4. The number of aryl methyl sites for hydroxylation is 1. The van der Waals surface area contributed by atoms with Gasteiger partial charge in [-0.15, -0.1) is 0 Å². The SMILES string of the molecule is Cc1cnc(-c2ccccc2)n1CC1CNC1. The zero-order chi connectivity index (χ0) is 11.7. The topological polar surface area (TPSA) is 29.9 Å². The van der Waals surface area contributed by atoms with Crippen LogP contribution in [0.15, 0.2) is 36.5 Å². The van der Waals surface area contributed by atoms with Crippen LogP contribution in [-0.4, -0.2) is 22.6 Å². The molecule has 0 saturated carbocycles. The standard InChI is InChI=1S/C14H17N3/c1-11-7-16-14(13-5-3-2-4-6-13)17(11)10-12-8-15-9-12/h2-7,12,15H,8-10H2,1H3. The van der Waals surface area contributed by atoms with E-state index in [1.165, 1.54) is 11.3 Å². The van der Waals surface area contributed by atoms with E-state index in [0.717, 1.165) is 31.4 Å². The molecular weight excluding hydrogens is 210 g/mol. The first-order valence-corrected chi connectivity index (χ1v) is 6.13. The largest absolute Gasteiger partial charge is 0.328 e. The van der Waals surface area contributed by atoms with Gasteiger partial charge in [-0.25, -0.2) is 4.98 Å². The first-order chi connectivity index (χ1) is 8.34. The molecule has 0 atom stereocenters. The van der Waals surface area contributed by atoms with E-state index in [-0.39, 0.29) is 0 Å². The number of benzene rings is 1. The fourth-order valence-electron chi connectivity index (χ4n) is 2.24. The molecule has 0 radical (unpaired) electrons. The van der Waals surface area contributed by atoms with Crippen molar-refractivity contribution < 1.29 is 0 Å². The van der Waals surface area contributed by atoms with Crippen molar-refractivity contribution in [3.05, 3.63) is 42.2 Å². The van der Waals surface area contributed by atoms with Gasteiger partial charge in [-0.2, -0.15) is 0 Å². The highest BCUT2D eigenvalue weighted by Gasteiger charge is 2.19. The van der Waals surface area contributed by atoms with Crippen molar-refractivity contribution in [3.63, 3.8) is 0 Å². The molecule has 3 nitrogen and oxygen atoms in total. The lowest BCUT2D eigenvalue weighted by molar-refractivity contribution is 0.306. The van der Waals surface area contributed by atoms with E-state index in [2.05, 4.69) is 46.1 Å². The number of hydrogen-bond donors (Lipinski definition) is 1. The van der Waals surface area contributed by atoms with Gasteiger partial charge < -0.3 is 9.88 Å². The lowest BCUT2D eigenvalue weighted by Gasteiger charge is -2.28. The first kappa shape index (κ1) is 10.5. The normalized spacial score (nSPS) is 15.8. The summed E-state index contributed by atoms with van der Waals surface area (Å²) in [5, 5.41) is 3.32. The van der Waals surface area contributed by atoms with Gasteiger partial charge in [-0.1, -0.05) is 30.3 Å². The minimum absolute atomic E-state index is 0.755. The molecule has 0 amide bonds. The number of hydrogen-bond acceptors (Lipinski definition) is 2. The maximum Gasteiger partial charge on any atom is 0.140 e. The number of nitrogens with one attached hydrogen (secondary N) is 1. The molecule has 2 heterocycles. The van der Waals surface area contributed by atoms with Crippen molar-refractivity contribution in [2.24, 2.45) is 5.92 Å². The van der Waals surface area contributed by atoms with Crippen LogP contribution in [0.2, 0.25) is 0 Å². The van der Waals surface area contributed by atoms with Gasteiger partial charge in [0, 0.05) is 43.0 Å². The van der Waals surface area contributed by atoms with Crippen LogP contribution >= 0.6 is 0 Å². The molecule has 1 aliphatic rings. The van der Waals surface area contributed by atoms with Crippen LogP contribution < -0.4 is 5.32 Å². The Labute approximate surface area is 101 Å². The van der Waals surface area contributed by atoms with Crippen molar-refractivity contribution >= 4 is 0 Å². The molecular formula is C14H17N3. The highest BCUT2D eigenvalue weighted by atomic mass is 15.1. The molecule has 2 aromatic rings. The van der Waals surface area contributed by atoms with Gasteiger partial charge >= 0.3 is 0 Å².